The van der Waals surface area contributed by atoms with Gasteiger partial charge in [0.2, 0.25) is 5.91 Å². The molecule has 0 aromatic heterocycles. The molecule has 1 heterocycles. The van der Waals surface area contributed by atoms with Crippen LogP contribution in [0.1, 0.15) is 12.8 Å². The first-order chi connectivity index (χ1) is 11.7. The Balaban J connectivity index is 1.67. The predicted molar refractivity (Wildman–Crippen MR) is 97.3 cm³/mol. The summed E-state index contributed by atoms with van der Waals surface area (Å²) in [6, 6.07) is 15.9. The van der Waals surface area contributed by atoms with Crippen LogP contribution in [0.25, 0.3) is 11.1 Å². The minimum Gasteiger partial charge on any atom is -0.497 e. The lowest BCUT2D eigenvalue weighted by molar-refractivity contribution is -0.121. The molecule has 3 rings (SSSR count). The van der Waals surface area contributed by atoms with E-state index in [1.165, 1.54) is 0 Å². The second-order valence-corrected chi connectivity index (χ2v) is 6.40. The molecular formula is C20H24N2O2. The third kappa shape index (κ3) is 3.95. The molecule has 0 saturated carbocycles. The van der Waals surface area contributed by atoms with E-state index in [-0.39, 0.29) is 11.8 Å². The van der Waals surface area contributed by atoms with Gasteiger partial charge in [0.25, 0.3) is 0 Å². The van der Waals surface area contributed by atoms with E-state index in [2.05, 4.69) is 17.3 Å². The minimum absolute atomic E-state index is 0.0850. The summed E-state index contributed by atoms with van der Waals surface area (Å²) < 4.78 is 5.27. The third-order valence-corrected chi connectivity index (χ3v) is 4.55. The first-order valence-electron chi connectivity index (χ1n) is 8.39. The molecule has 2 aromatic rings. The van der Waals surface area contributed by atoms with Gasteiger partial charge < -0.3 is 15.0 Å². The fourth-order valence-corrected chi connectivity index (χ4v) is 3.17. The summed E-state index contributed by atoms with van der Waals surface area (Å²) in [5, 5.41) is 3.04. The predicted octanol–water partition coefficient (Wildman–Crippen LogP) is 3.64. The molecule has 4 heteroatoms. The highest BCUT2D eigenvalue weighted by molar-refractivity contribution is 5.93. The zero-order valence-electron chi connectivity index (χ0n) is 14.3. The maximum absolute atomic E-state index is 12.4. The molecule has 1 aliphatic rings. The number of ether oxygens (including phenoxy) is 1. The maximum Gasteiger partial charge on any atom is 0.228 e. The first-order valence-corrected chi connectivity index (χ1v) is 8.39. The van der Waals surface area contributed by atoms with Crippen molar-refractivity contribution in [3.05, 3.63) is 48.5 Å². The molecular weight excluding hydrogens is 300 g/mol. The van der Waals surface area contributed by atoms with Crippen LogP contribution in [0.3, 0.4) is 0 Å². The molecule has 1 N–H and O–H groups in total. The summed E-state index contributed by atoms with van der Waals surface area (Å²) in [6.45, 7) is 1.92. The molecule has 1 saturated heterocycles. The number of nitrogens with zero attached hydrogens (tertiary/aromatic N) is 1. The average Bonchev–Trinajstić information content (AvgIpc) is 2.62. The van der Waals surface area contributed by atoms with Crippen molar-refractivity contribution >= 4 is 11.6 Å². The monoisotopic (exact) mass is 324 g/mol. The molecule has 4 nitrogen and oxygen atoms in total. The quantitative estimate of drug-likeness (QED) is 0.933. The van der Waals surface area contributed by atoms with Gasteiger partial charge in [-0.1, -0.05) is 24.3 Å². The van der Waals surface area contributed by atoms with E-state index in [4.69, 9.17) is 4.74 Å². The number of amides is 1. The van der Waals surface area contributed by atoms with E-state index in [0.717, 1.165) is 48.5 Å². The number of anilines is 1. The van der Waals surface area contributed by atoms with E-state index in [9.17, 15) is 4.79 Å². The van der Waals surface area contributed by atoms with Crippen LogP contribution >= 0.6 is 0 Å². The summed E-state index contributed by atoms with van der Waals surface area (Å²) in [5.74, 6) is 1.05. The smallest absolute Gasteiger partial charge is 0.228 e. The van der Waals surface area contributed by atoms with Gasteiger partial charge in [0.1, 0.15) is 5.75 Å². The molecule has 0 radical (unpaired) electrons. The van der Waals surface area contributed by atoms with E-state index in [1.807, 2.05) is 48.5 Å². The van der Waals surface area contributed by atoms with Gasteiger partial charge in [-0.2, -0.15) is 0 Å². The lowest BCUT2D eigenvalue weighted by atomic mass is 9.97. The van der Waals surface area contributed by atoms with Crippen molar-refractivity contribution in [2.45, 2.75) is 12.8 Å². The Morgan fingerprint density at radius 2 is 1.96 bits per heavy atom. The fourth-order valence-electron chi connectivity index (χ4n) is 3.17. The van der Waals surface area contributed by atoms with Crippen LogP contribution in [0.4, 0.5) is 5.69 Å². The normalized spacial score (nSPS) is 18.2. The molecule has 2 aromatic carbocycles. The zero-order valence-corrected chi connectivity index (χ0v) is 14.3. The second kappa shape index (κ2) is 7.49. The van der Waals surface area contributed by atoms with Gasteiger partial charge in [0.15, 0.2) is 0 Å². The average molecular weight is 324 g/mol. The van der Waals surface area contributed by atoms with Gasteiger partial charge in [0.05, 0.1) is 13.0 Å². The van der Waals surface area contributed by atoms with Crippen LogP contribution < -0.4 is 10.1 Å². The second-order valence-electron chi connectivity index (χ2n) is 6.40. The molecule has 1 aliphatic heterocycles. The topological polar surface area (TPSA) is 41.6 Å². The van der Waals surface area contributed by atoms with Crippen LogP contribution in [0.15, 0.2) is 48.5 Å². The van der Waals surface area contributed by atoms with E-state index < -0.39 is 0 Å². The first kappa shape index (κ1) is 16.5. The third-order valence-electron chi connectivity index (χ3n) is 4.55. The summed E-state index contributed by atoms with van der Waals surface area (Å²) in [4.78, 5) is 14.6. The SMILES string of the molecule is COc1cccc(-c2ccc(NC(=O)C3CCCN(C)C3)cc2)c1. The molecule has 1 fully saturated rings. The molecule has 1 amide bonds. The Kier molecular flexibility index (Phi) is 5.16. The van der Waals surface area contributed by atoms with Gasteiger partial charge in [-0.3, -0.25) is 4.79 Å². The molecule has 0 bridgehead atoms. The summed E-state index contributed by atoms with van der Waals surface area (Å²) >= 11 is 0. The Hall–Kier alpha value is -2.33. The highest BCUT2D eigenvalue weighted by atomic mass is 16.5. The minimum atomic E-state index is 0.0850. The number of likely N-dealkylation sites (tertiary alicyclic amines) is 1. The molecule has 126 valence electrons. The highest BCUT2D eigenvalue weighted by Gasteiger charge is 2.23. The molecule has 1 unspecified atom stereocenters. The lowest BCUT2D eigenvalue weighted by Gasteiger charge is -2.28. The number of carbonyl (C=O) groups is 1. The summed E-state index contributed by atoms with van der Waals surface area (Å²) in [7, 11) is 3.74. The van der Waals surface area contributed by atoms with E-state index >= 15 is 0 Å². The van der Waals surface area contributed by atoms with Crippen molar-refractivity contribution < 1.29 is 9.53 Å². The fraction of sp³-hybridized carbons (Fsp3) is 0.350. The van der Waals surface area contributed by atoms with Gasteiger partial charge in [0, 0.05) is 12.2 Å². The van der Waals surface area contributed by atoms with Crippen LogP contribution in [-0.2, 0) is 4.79 Å². The van der Waals surface area contributed by atoms with Crippen molar-refractivity contribution in [1.82, 2.24) is 4.90 Å². The largest absolute Gasteiger partial charge is 0.497 e. The number of piperidine rings is 1. The van der Waals surface area contributed by atoms with E-state index in [0.29, 0.717) is 0 Å². The van der Waals surface area contributed by atoms with Gasteiger partial charge in [-0.15, -0.1) is 0 Å². The van der Waals surface area contributed by atoms with Crippen molar-refractivity contribution in [3.63, 3.8) is 0 Å². The number of methoxy groups -OCH3 is 1. The van der Waals surface area contributed by atoms with Crippen LogP contribution in [0, 0.1) is 5.92 Å². The van der Waals surface area contributed by atoms with Gasteiger partial charge >= 0.3 is 0 Å². The number of hydrogen-bond donors (Lipinski definition) is 1. The number of hydrogen-bond acceptors (Lipinski definition) is 3. The molecule has 1 atom stereocenters. The summed E-state index contributed by atoms with van der Waals surface area (Å²) in [5.41, 5.74) is 3.05. The number of benzene rings is 2. The molecule has 0 spiro atoms. The molecule has 0 aliphatic carbocycles. The van der Waals surface area contributed by atoms with Crippen molar-refractivity contribution in [3.8, 4) is 16.9 Å². The molecule has 24 heavy (non-hydrogen) atoms. The van der Waals surface area contributed by atoms with E-state index in [1.54, 1.807) is 7.11 Å². The Morgan fingerprint density at radius 3 is 2.67 bits per heavy atom. The standard InChI is InChI=1S/C20H24N2O2/c1-22-12-4-6-17(14-22)20(23)21-18-10-8-15(9-11-18)16-5-3-7-19(13-16)24-2/h3,5,7-11,13,17H,4,6,12,14H2,1-2H3,(H,21,23). The number of rotatable bonds is 4. The van der Waals surface area contributed by atoms with Gasteiger partial charge in [-0.25, -0.2) is 0 Å². The van der Waals surface area contributed by atoms with Crippen LogP contribution in [-0.4, -0.2) is 38.1 Å². The van der Waals surface area contributed by atoms with Crippen LogP contribution in [0.2, 0.25) is 0 Å². The number of nitrogens with one attached hydrogen (secondary N) is 1. The highest BCUT2D eigenvalue weighted by Crippen LogP contribution is 2.25. The maximum atomic E-state index is 12.4. The summed E-state index contributed by atoms with van der Waals surface area (Å²) in [6.07, 6.45) is 2.06. The van der Waals surface area contributed by atoms with Gasteiger partial charge in [-0.05, 0) is 61.8 Å². The van der Waals surface area contributed by atoms with Crippen molar-refractivity contribution in [2.75, 3.05) is 32.6 Å². The Morgan fingerprint density at radius 1 is 1.17 bits per heavy atom. The van der Waals surface area contributed by atoms with Crippen LogP contribution in [0.5, 0.6) is 5.75 Å². The number of carbonyl (C=O) groups excluding carboxylic acids is 1. The Bertz CT molecular complexity index is 697. The van der Waals surface area contributed by atoms with Crippen molar-refractivity contribution in [2.24, 2.45) is 5.92 Å². The Labute approximate surface area is 143 Å². The lowest BCUT2D eigenvalue weighted by Crippen LogP contribution is -2.38. The van der Waals surface area contributed by atoms with Crippen molar-refractivity contribution in [1.29, 1.82) is 0 Å². The zero-order chi connectivity index (χ0) is 16.9.